The molecule has 1 aliphatic rings. The predicted molar refractivity (Wildman–Crippen MR) is 76.4 cm³/mol. The zero-order chi connectivity index (χ0) is 15.5. The van der Waals surface area contributed by atoms with Gasteiger partial charge in [0.15, 0.2) is 0 Å². The standard InChI is InChI=1S/C15H20F2N2O2/c16-15(17)5-3-10(4-6-15)8-19-9-12-2-1-11(14(20)21)7-13(12)18/h1-2,7,10,19H,3-6,8-9,18H2,(H,20,21). The maximum Gasteiger partial charge on any atom is 0.335 e. The first-order chi connectivity index (χ1) is 9.87. The molecule has 4 N–H and O–H groups in total. The van der Waals surface area contributed by atoms with E-state index in [-0.39, 0.29) is 24.3 Å². The van der Waals surface area contributed by atoms with Gasteiger partial charge in [-0.3, -0.25) is 0 Å². The second-order valence-electron chi connectivity index (χ2n) is 5.65. The number of benzene rings is 1. The van der Waals surface area contributed by atoms with Gasteiger partial charge in [0.2, 0.25) is 5.92 Å². The first kappa shape index (κ1) is 15.7. The molecule has 116 valence electrons. The zero-order valence-corrected chi connectivity index (χ0v) is 11.7. The SMILES string of the molecule is Nc1cc(C(=O)O)ccc1CNCC1CCC(F)(F)CC1. The molecule has 0 radical (unpaired) electrons. The molecule has 1 aliphatic carbocycles. The summed E-state index contributed by atoms with van der Waals surface area (Å²) in [5.41, 5.74) is 7.22. The van der Waals surface area contributed by atoms with Gasteiger partial charge in [0, 0.05) is 25.1 Å². The first-order valence-corrected chi connectivity index (χ1v) is 7.07. The number of aromatic carboxylic acids is 1. The Morgan fingerprint density at radius 1 is 1.38 bits per heavy atom. The van der Waals surface area contributed by atoms with Crippen molar-refractivity contribution in [3.05, 3.63) is 29.3 Å². The Hall–Kier alpha value is -1.69. The Morgan fingerprint density at radius 3 is 2.62 bits per heavy atom. The van der Waals surface area contributed by atoms with Crippen molar-refractivity contribution in [2.45, 2.75) is 38.2 Å². The normalized spacial score (nSPS) is 18.6. The molecule has 2 rings (SSSR count). The van der Waals surface area contributed by atoms with E-state index in [2.05, 4.69) is 5.32 Å². The van der Waals surface area contributed by atoms with E-state index in [4.69, 9.17) is 10.8 Å². The Bertz CT molecular complexity index is 510. The predicted octanol–water partition coefficient (Wildman–Crippen LogP) is 2.88. The highest BCUT2D eigenvalue weighted by atomic mass is 19.3. The van der Waals surface area contributed by atoms with Crippen LogP contribution in [0.1, 0.15) is 41.6 Å². The highest BCUT2D eigenvalue weighted by Crippen LogP contribution is 2.35. The summed E-state index contributed by atoms with van der Waals surface area (Å²) in [6.45, 7) is 1.19. The lowest BCUT2D eigenvalue weighted by Gasteiger charge is -2.28. The van der Waals surface area contributed by atoms with E-state index >= 15 is 0 Å². The Kier molecular flexibility index (Phi) is 4.77. The van der Waals surface area contributed by atoms with E-state index in [1.165, 1.54) is 12.1 Å². The molecule has 0 amide bonds. The maximum absolute atomic E-state index is 13.0. The van der Waals surface area contributed by atoms with Crippen molar-refractivity contribution >= 4 is 11.7 Å². The molecular formula is C15H20F2N2O2. The van der Waals surface area contributed by atoms with E-state index in [0.29, 0.717) is 31.6 Å². The summed E-state index contributed by atoms with van der Waals surface area (Å²) in [5, 5.41) is 12.1. The topological polar surface area (TPSA) is 75.4 Å². The number of halogens is 2. The fraction of sp³-hybridized carbons (Fsp3) is 0.533. The van der Waals surface area contributed by atoms with Crippen LogP contribution in [0.2, 0.25) is 0 Å². The number of nitrogen functional groups attached to an aromatic ring is 1. The van der Waals surface area contributed by atoms with Crippen LogP contribution in [0.15, 0.2) is 18.2 Å². The molecule has 0 unspecified atom stereocenters. The van der Waals surface area contributed by atoms with Crippen LogP contribution in [0.5, 0.6) is 0 Å². The van der Waals surface area contributed by atoms with Crippen LogP contribution >= 0.6 is 0 Å². The number of rotatable bonds is 5. The molecule has 4 nitrogen and oxygen atoms in total. The van der Waals surface area contributed by atoms with Gasteiger partial charge in [-0.25, -0.2) is 13.6 Å². The molecule has 0 atom stereocenters. The van der Waals surface area contributed by atoms with Crippen molar-refractivity contribution in [1.29, 1.82) is 0 Å². The average Bonchev–Trinajstić information content (AvgIpc) is 2.42. The molecule has 1 aromatic carbocycles. The third kappa shape index (κ3) is 4.39. The molecular weight excluding hydrogens is 278 g/mol. The van der Waals surface area contributed by atoms with Crippen LogP contribution < -0.4 is 11.1 Å². The van der Waals surface area contributed by atoms with Crippen LogP contribution in [-0.2, 0) is 6.54 Å². The number of carbonyl (C=O) groups is 1. The minimum atomic E-state index is -2.49. The minimum absolute atomic E-state index is 0.0329. The number of nitrogens with two attached hydrogens (primary N) is 1. The van der Waals surface area contributed by atoms with Gasteiger partial charge in [-0.05, 0) is 43.0 Å². The van der Waals surface area contributed by atoms with E-state index in [0.717, 1.165) is 5.56 Å². The first-order valence-electron chi connectivity index (χ1n) is 7.07. The molecule has 0 heterocycles. The molecule has 1 aromatic rings. The number of hydrogen-bond donors (Lipinski definition) is 3. The van der Waals surface area contributed by atoms with Crippen molar-refractivity contribution < 1.29 is 18.7 Å². The summed E-state index contributed by atoms with van der Waals surface area (Å²) in [7, 11) is 0. The van der Waals surface area contributed by atoms with Crippen LogP contribution in [-0.4, -0.2) is 23.5 Å². The van der Waals surface area contributed by atoms with Gasteiger partial charge in [0.1, 0.15) is 0 Å². The fourth-order valence-electron chi connectivity index (χ4n) is 2.60. The lowest BCUT2D eigenvalue weighted by atomic mass is 9.87. The highest BCUT2D eigenvalue weighted by Gasteiger charge is 2.34. The van der Waals surface area contributed by atoms with Gasteiger partial charge in [-0.2, -0.15) is 0 Å². The third-order valence-corrected chi connectivity index (χ3v) is 3.98. The average molecular weight is 298 g/mol. The highest BCUT2D eigenvalue weighted by molar-refractivity contribution is 5.88. The molecule has 0 bridgehead atoms. The van der Waals surface area contributed by atoms with Crippen LogP contribution in [0.3, 0.4) is 0 Å². The lowest BCUT2D eigenvalue weighted by molar-refractivity contribution is -0.0455. The molecule has 1 fully saturated rings. The largest absolute Gasteiger partial charge is 0.478 e. The summed E-state index contributed by atoms with van der Waals surface area (Å²) in [6, 6.07) is 4.62. The zero-order valence-electron chi connectivity index (χ0n) is 11.7. The van der Waals surface area contributed by atoms with Crippen LogP contribution in [0, 0.1) is 5.92 Å². The number of carboxylic acid groups (broad SMARTS) is 1. The number of anilines is 1. The summed E-state index contributed by atoms with van der Waals surface area (Å²) < 4.78 is 26.1. The second-order valence-corrected chi connectivity index (χ2v) is 5.65. The Labute approximate surface area is 122 Å². The minimum Gasteiger partial charge on any atom is -0.478 e. The van der Waals surface area contributed by atoms with Gasteiger partial charge in [0.25, 0.3) is 0 Å². The van der Waals surface area contributed by atoms with Gasteiger partial charge in [0.05, 0.1) is 5.56 Å². The van der Waals surface area contributed by atoms with Crippen LogP contribution in [0.4, 0.5) is 14.5 Å². The molecule has 1 saturated carbocycles. The van der Waals surface area contributed by atoms with Gasteiger partial charge in [-0.15, -0.1) is 0 Å². The number of nitrogens with one attached hydrogen (secondary N) is 1. The number of hydrogen-bond acceptors (Lipinski definition) is 3. The van der Waals surface area contributed by atoms with Gasteiger partial charge >= 0.3 is 5.97 Å². The third-order valence-electron chi connectivity index (χ3n) is 3.98. The molecule has 21 heavy (non-hydrogen) atoms. The smallest absolute Gasteiger partial charge is 0.335 e. The lowest BCUT2D eigenvalue weighted by Crippen LogP contribution is -2.30. The Balaban J connectivity index is 1.80. The summed E-state index contributed by atoms with van der Waals surface area (Å²) in [6.07, 6.45) is 1.00. The van der Waals surface area contributed by atoms with Crippen molar-refractivity contribution in [2.75, 3.05) is 12.3 Å². The Morgan fingerprint density at radius 2 is 2.05 bits per heavy atom. The van der Waals surface area contributed by atoms with Gasteiger partial charge in [-0.1, -0.05) is 6.07 Å². The molecule has 6 heteroatoms. The maximum atomic E-state index is 13.0. The van der Waals surface area contributed by atoms with Crippen molar-refractivity contribution in [3.8, 4) is 0 Å². The summed E-state index contributed by atoms with van der Waals surface area (Å²) >= 11 is 0. The summed E-state index contributed by atoms with van der Waals surface area (Å²) in [4.78, 5) is 10.8. The quantitative estimate of drug-likeness (QED) is 0.731. The molecule has 0 aliphatic heterocycles. The van der Waals surface area contributed by atoms with Crippen LogP contribution in [0.25, 0.3) is 0 Å². The van der Waals surface area contributed by atoms with E-state index < -0.39 is 11.9 Å². The van der Waals surface area contributed by atoms with E-state index in [1.807, 2.05) is 0 Å². The summed E-state index contributed by atoms with van der Waals surface area (Å²) in [5.74, 6) is -3.23. The second kappa shape index (κ2) is 6.39. The van der Waals surface area contributed by atoms with E-state index in [1.54, 1.807) is 6.07 Å². The number of carboxylic acids is 1. The monoisotopic (exact) mass is 298 g/mol. The van der Waals surface area contributed by atoms with Crippen molar-refractivity contribution in [3.63, 3.8) is 0 Å². The molecule has 0 aromatic heterocycles. The van der Waals surface area contributed by atoms with Crippen molar-refractivity contribution in [2.24, 2.45) is 5.92 Å². The van der Waals surface area contributed by atoms with Gasteiger partial charge < -0.3 is 16.2 Å². The van der Waals surface area contributed by atoms with E-state index in [9.17, 15) is 13.6 Å². The molecule has 0 spiro atoms. The number of alkyl halides is 2. The van der Waals surface area contributed by atoms with Crippen molar-refractivity contribution in [1.82, 2.24) is 5.32 Å². The fourth-order valence-corrected chi connectivity index (χ4v) is 2.60. The molecule has 0 saturated heterocycles.